The number of rotatable bonds is 5. The highest BCUT2D eigenvalue weighted by molar-refractivity contribution is 5.96. The van der Waals surface area contributed by atoms with Crippen LogP contribution in [0.15, 0.2) is 41.0 Å². The van der Waals surface area contributed by atoms with Crippen LogP contribution in [0.2, 0.25) is 0 Å². The minimum Gasteiger partial charge on any atom is -0.483 e. The molecule has 0 spiro atoms. The van der Waals surface area contributed by atoms with Gasteiger partial charge in [0.05, 0.1) is 11.8 Å². The molecule has 2 aromatic rings. The molecule has 2 rings (SSSR count). The molecule has 0 unspecified atom stereocenters. The largest absolute Gasteiger partial charge is 0.483 e. The van der Waals surface area contributed by atoms with Crippen LogP contribution in [0.3, 0.4) is 0 Å². The van der Waals surface area contributed by atoms with E-state index < -0.39 is 11.8 Å². The van der Waals surface area contributed by atoms with Crippen molar-refractivity contribution >= 4 is 11.8 Å². The maximum atomic E-state index is 11.8. The Kier molecular flexibility index (Phi) is 5.41. The Bertz CT molecular complexity index is 691. The molecule has 1 aromatic carbocycles. The highest BCUT2D eigenvalue weighted by Gasteiger charge is 2.13. The second-order valence-electron chi connectivity index (χ2n) is 5.37. The van der Waals surface area contributed by atoms with E-state index in [1.807, 2.05) is 24.3 Å². The first kappa shape index (κ1) is 16.6. The average molecular weight is 316 g/mol. The summed E-state index contributed by atoms with van der Waals surface area (Å²) in [5.41, 5.74) is 6.03. The van der Waals surface area contributed by atoms with Crippen LogP contribution in [0.4, 0.5) is 0 Å². The third-order valence-corrected chi connectivity index (χ3v) is 3.32. The van der Waals surface area contributed by atoms with Gasteiger partial charge in [0.25, 0.3) is 11.8 Å². The van der Waals surface area contributed by atoms with Gasteiger partial charge in [0, 0.05) is 0 Å². The number of carbonyl (C=O) groups is 2. The summed E-state index contributed by atoms with van der Waals surface area (Å²) in [5.74, 6) is 0.553. The molecule has 0 bridgehead atoms. The molecule has 23 heavy (non-hydrogen) atoms. The molecular formula is C17H20N2O4. The summed E-state index contributed by atoms with van der Waals surface area (Å²) in [4.78, 5) is 23.6. The molecule has 0 aliphatic rings. The van der Waals surface area contributed by atoms with E-state index in [0.717, 1.165) is 5.56 Å². The molecular weight excluding hydrogens is 296 g/mol. The predicted octanol–water partition coefficient (Wildman–Crippen LogP) is 2.55. The van der Waals surface area contributed by atoms with Crippen LogP contribution < -0.4 is 15.6 Å². The number of carbonyl (C=O) groups excluding carboxylic acids is 2. The molecule has 0 aliphatic carbocycles. The van der Waals surface area contributed by atoms with E-state index in [0.29, 0.717) is 17.1 Å². The summed E-state index contributed by atoms with van der Waals surface area (Å²) >= 11 is 0. The van der Waals surface area contributed by atoms with Gasteiger partial charge in [-0.3, -0.25) is 20.4 Å². The van der Waals surface area contributed by atoms with E-state index in [9.17, 15) is 9.59 Å². The number of amides is 2. The average Bonchev–Trinajstić information content (AvgIpc) is 2.97. The molecule has 0 atom stereocenters. The van der Waals surface area contributed by atoms with Crippen molar-refractivity contribution in [3.8, 4) is 5.75 Å². The zero-order chi connectivity index (χ0) is 16.8. The Hall–Kier alpha value is -2.76. The van der Waals surface area contributed by atoms with Crippen LogP contribution in [-0.4, -0.2) is 18.4 Å². The minimum atomic E-state index is -0.446. The highest BCUT2D eigenvalue weighted by atomic mass is 16.5. The lowest BCUT2D eigenvalue weighted by atomic mass is 10.0. The number of furan rings is 1. The maximum absolute atomic E-state index is 11.8. The molecule has 0 saturated heterocycles. The Balaban J connectivity index is 1.84. The van der Waals surface area contributed by atoms with Gasteiger partial charge in [-0.2, -0.15) is 0 Å². The second-order valence-corrected chi connectivity index (χ2v) is 5.37. The van der Waals surface area contributed by atoms with E-state index in [1.165, 1.54) is 12.3 Å². The number of hydrazine groups is 1. The third kappa shape index (κ3) is 4.35. The van der Waals surface area contributed by atoms with Crippen LogP contribution in [0.5, 0.6) is 5.75 Å². The summed E-state index contributed by atoms with van der Waals surface area (Å²) in [5, 5.41) is 0. The van der Waals surface area contributed by atoms with Crippen LogP contribution in [0.25, 0.3) is 0 Å². The van der Waals surface area contributed by atoms with Gasteiger partial charge >= 0.3 is 0 Å². The number of benzene rings is 1. The van der Waals surface area contributed by atoms with Gasteiger partial charge in [-0.15, -0.1) is 0 Å². The third-order valence-electron chi connectivity index (χ3n) is 3.32. The standard InChI is InChI=1S/C17H20N2O4/c1-11(2)13-6-4-5-7-15(13)23-10-16(20)18-19-17(21)14-8-9-22-12(14)3/h4-9,11H,10H2,1-3H3,(H,18,20)(H,19,21). The number of ether oxygens (including phenoxy) is 1. The van der Waals surface area contributed by atoms with Crippen molar-refractivity contribution < 1.29 is 18.7 Å². The summed E-state index contributed by atoms with van der Waals surface area (Å²) in [6.07, 6.45) is 1.41. The molecule has 1 heterocycles. The first-order chi connectivity index (χ1) is 11.0. The molecule has 122 valence electrons. The fraction of sp³-hybridized carbons (Fsp3) is 0.294. The van der Waals surface area contributed by atoms with Crippen molar-refractivity contribution in [2.24, 2.45) is 0 Å². The lowest BCUT2D eigenvalue weighted by Crippen LogP contribution is -2.43. The molecule has 2 amide bonds. The van der Waals surface area contributed by atoms with E-state index in [-0.39, 0.29) is 12.5 Å². The van der Waals surface area contributed by atoms with Crippen LogP contribution in [0.1, 0.15) is 41.4 Å². The summed E-state index contributed by atoms with van der Waals surface area (Å²) in [7, 11) is 0. The fourth-order valence-electron chi connectivity index (χ4n) is 2.08. The SMILES string of the molecule is Cc1occc1C(=O)NNC(=O)COc1ccccc1C(C)C. The van der Waals surface area contributed by atoms with Gasteiger partial charge in [-0.25, -0.2) is 0 Å². The topological polar surface area (TPSA) is 80.6 Å². The molecule has 0 aliphatic heterocycles. The van der Waals surface area contributed by atoms with E-state index in [4.69, 9.17) is 9.15 Å². The Labute approximate surface area is 134 Å². The van der Waals surface area contributed by atoms with Crippen molar-refractivity contribution in [3.05, 3.63) is 53.5 Å². The Morgan fingerprint density at radius 1 is 1.17 bits per heavy atom. The molecule has 2 N–H and O–H groups in total. The molecule has 0 radical (unpaired) electrons. The first-order valence-corrected chi connectivity index (χ1v) is 7.34. The van der Waals surface area contributed by atoms with Crippen molar-refractivity contribution in [2.45, 2.75) is 26.7 Å². The van der Waals surface area contributed by atoms with E-state index in [1.54, 1.807) is 6.92 Å². The summed E-state index contributed by atoms with van der Waals surface area (Å²) in [6, 6.07) is 9.09. The zero-order valence-electron chi connectivity index (χ0n) is 13.4. The number of aryl methyl sites for hydroxylation is 1. The smallest absolute Gasteiger partial charge is 0.276 e. The van der Waals surface area contributed by atoms with Gasteiger partial charge in [0.2, 0.25) is 0 Å². The second kappa shape index (κ2) is 7.49. The molecule has 1 aromatic heterocycles. The number of para-hydroxylation sites is 1. The quantitative estimate of drug-likeness (QED) is 0.831. The van der Waals surface area contributed by atoms with Crippen LogP contribution in [-0.2, 0) is 4.79 Å². The van der Waals surface area contributed by atoms with Gasteiger partial charge in [0.15, 0.2) is 6.61 Å². The summed E-state index contributed by atoms with van der Waals surface area (Å²) in [6.45, 7) is 5.59. The minimum absolute atomic E-state index is 0.186. The predicted molar refractivity (Wildman–Crippen MR) is 85.1 cm³/mol. The number of nitrogens with one attached hydrogen (secondary N) is 2. The molecule has 0 fully saturated rings. The number of hydrogen-bond acceptors (Lipinski definition) is 4. The molecule has 6 nitrogen and oxygen atoms in total. The van der Waals surface area contributed by atoms with Gasteiger partial charge in [0.1, 0.15) is 11.5 Å². The van der Waals surface area contributed by atoms with Crippen molar-refractivity contribution in [3.63, 3.8) is 0 Å². The normalized spacial score (nSPS) is 10.4. The first-order valence-electron chi connectivity index (χ1n) is 7.34. The van der Waals surface area contributed by atoms with E-state index in [2.05, 4.69) is 24.7 Å². The highest BCUT2D eigenvalue weighted by Crippen LogP contribution is 2.25. The lowest BCUT2D eigenvalue weighted by molar-refractivity contribution is -0.123. The monoisotopic (exact) mass is 316 g/mol. The van der Waals surface area contributed by atoms with Crippen LogP contribution >= 0.6 is 0 Å². The molecule has 0 saturated carbocycles. The van der Waals surface area contributed by atoms with Crippen LogP contribution in [0, 0.1) is 6.92 Å². The Morgan fingerprint density at radius 2 is 1.91 bits per heavy atom. The van der Waals surface area contributed by atoms with Gasteiger partial charge in [-0.1, -0.05) is 32.0 Å². The van der Waals surface area contributed by atoms with Crippen molar-refractivity contribution in [1.29, 1.82) is 0 Å². The van der Waals surface area contributed by atoms with Gasteiger partial charge in [-0.05, 0) is 30.5 Å². The van der Waals surface area contributed by atoms with Crippen molar-refractivity contribution in [2.75, 3.05) is 6.61 Å². The lowest BCUT2D eigenvalue weighted by Gasteiger charge is -2.13. The summed E-state index contributed by atoms with van der Waals surface area (Å²) < 4.78 is 10.6. The van der Waals surface area contributed by atoms with Gasteiger partial charge < -0.3 is 9.15 Å². The van der Waals surface area contributed by atoms with E-state index >= 15 is 0 Å². The maximum Gasteiger partial charge on any atom is 0.276 e. The Morgan fingerprint density at radius 3 is 2.57 bits per heavy atom. The molecule has 6 heteroatoms. The fourth-order valence-corrected chi connectivity index (χ4v) is 2.08. The number of hydrogen-bond donors (Lipinski definition) is 2. The zero-order valence-corrected chi connectivity index (χ0v) is 13.4. The van der Waals surface area contributed by atoms with Crippen molar-refractivity contribution in [1.82, 2.24) is 10.9 Å².